The SMILES string of the molecule is Clc1ccc(Br)cc1-c1nnc(CBr)n1C1CC1. The molecule has 0 N–H and O–H groups in total. The molecule has 1 fully saturated rings. The van der Waals surface area contributed by atoms with E-state index in [1.807, 2.05) is 18.2 Å². The van der Waals surface area contributed by atoms with E-state index in [1.165, 1.54) is 12.8 Å². The maximum Gasteiger partial charge on any atom is 0.165 e. The van der Waals surface area contributed by atoms with Gasteiger partial charge in [-0.2, -0.15) is 0 Å². The van der Waals surface area contributed by atoms with Crippen molar-refractivity contribution in [2.75, 3.05) is 0 Å². The van der Waals surface area contributed by atoms with Gasteiger partial charge in [0.2, 0.25) is 0 Å². The number of hydrogen-bond acceptors (Lipinski definition) is 2. The van der Waals surface area contributed by atoms with Gasteiger partial charge in [0, 0.05) is 16.1 Å². The molecule has 3 nitrogen and oxygen atoms in total. The average molecular weight is 391 g/mol. The van der Waals surface area contributed by atoms with Crippen LogP contribution in [-0.4, -0.2) is 14.8 Å². The lowest BCUT2D eigenvalue weighted by Crippen LogP contribution is -2.02. The van der Waals surface area contributed by atoms with E-state index in [-0.39, 0.29) is 0 Å². The van der Waals surface area contributed by atoms with Crippen LogP contribution in [0.3, 0.4) is 0 Å². The monoisotopic (exact) mass is 389 g/mol. The first-order valence-corrected chi connectivity index (χ1v) is 7.95. The molecule has 0 bridgehead atoms. The van der Waals surface area contributed by atoms with Crippen LogP contribution in [-0.2, 0) is 5.33 Å². The number of hydrogen-bond donors (Lipinski definition) is 0. The standard InChI is InChI=1S/C12H10Br2ClN3/c13-6-11-16-17-12(18(11)8-2-3-8)9-5-7(14)1-4-10(9)15/h1,4-5,8H,2-3,6H2. The molecule has 0 radical (unpaired) electrons. The van der Waals surface area contributed by atoms with Gasteiger partial charge in [0.15, 0.2) is 5.82 Å². The van der Waals surface area contributed by atoms with E-state index >= 15 is 0 Å². The van der Waals surface area contributed by atoms with Crippen LogP contribution < -0.4 is 0 Å². The van der Waals surface area contributed by atoms with E-state index < -0.39 is 0 Å². The lowest BCUT2D eigenvalue weighted by Gasteiger charge is -2.09. The molecule has 94 valence electrons. The average Bonchev–Trinajstić information content (AvgIpc) is 3.12. The number of aromatic nitrogens is 3. The van der Waals surface area contributed by atoms with Crippen LogP contribution in [0.1, 0.15) is 24.7 Å². The van der Waals surface area contributed by atoms with Crippen molar-refractivity contribution >= 4 is 43.5 Å². The molecule has 1 heterocycles. The smallest absolute Gasteiger partial charge is 0.165 e. The zero-order valence-electron chi connectivity index (χ0n) is 9.41. The van der Waals surface area contributed by atoms with Crippen molar-refractivity contribution < 1.29 is 0 Å². The third-order valence-electron chi connectivity index (χ3n) is 2.97. The summed E-state index contributed by atoms with van der Waals surface area (Å²) in [4.78, 5) is 0. The van der Waals surface area contributed by atoms with Gasteiger partial charge < -0.3 is 4.57 Å². The highest BCUT2D eigenvalue weighted by Gasteiger charge is 2.30. The van der Waals surface area contributed by atoms with Gasteiger partial charge in [-0.1, -0.05) is 43.5 Å². The van der Waals surface area contributed by atoms with Crippen molar-refractivity contribution in [1.82, 2.24) is 14.8 Å². The summed E-state index contributed by atoms with van der Waals surface area (Å²) in [6, 6.07) is 6.32. The summed E-state index contributed by atoms with van der Waals surface area (Å²) in [5.74, 6) is 1.82. The van der Waals surface area contributed by atoms with E-state index in [1.54, 1.807) is 0 Å². The van der Waals surface area contributed by atoms with Crippen molar-refractivity contribution in [3.05, 3.63) is 33.5 Å². The predicted molar refractivity (Wildman–Crippen MR) is 79.1 cm³/mol. The third-order valence-corrected chi connectivity index (χ3v) is 4.29. The fourth-order valence-electron chi connectivity index (χ4n) is 1.98. The van der Waals surface area contributed by atoms with Gasteiger partial charge in [-0.15, -0.1) is 10.2 Å². The Morgan fingerprint density at radius 3 is 2.78 bits per heavy atom. The molecule has 1 aromatic heterocycles. The Kier molecular flexibility index (Phi) is 3.47. The minimum absolute atomic E-state index is 0.526. The molecule has 1 aromatic carbocycles. The molecule has 1 aliphatic carbocycles. The zero-order chi connectivity index (χ0) is 12.7. The molecule has 1 aliphatic rings. The Hall–Kier alpha value is -0.390. The second kappa shape index (κ2) is 4.94. The number of nitrogens with zero attached hydrogens (tertiary/aromatic N) is 3. The zero-order valence-corrected chi connectivity index (χ0v) is 13.3. The first kappa shape index (κ1) is 12.6. The molecule has 6 heteroatoms. The fourth-order valence-corrected chi connectivity index (χ4v) is 2.93. The third kappa shape index (κ3) is 2.24. The van der Waals surface area contributed by atoms with Gasteiger partial charge in [0.05, 0.1) is 10.4 Å². The first-order valence-electron chi connectivity index (χ1n) is 5.66. The normalized spacial score (nSPS) is 15.1. The number of rotatable bonds is 3. The Labute approximate surface area is 127 Å². The summed E-state index contributed by atoms with van der Waals surface area (Å²) in [6.07, 6.45) is 2.38. The number of alkyl halides is 1. The van der Waals surface area contributed by atoms with Gasteiger partial charge in [0.25, 0.3) is 0 Å². The summed E-state index contributed by atoms with van der Waals surface area (Å²) in [5.41, 5.74) is 0.928. The van der Waals surface area contributed by atoms with Crippen molar-refractivity contribution in [1.29, 1.82) is 0 Å². The number of halogens is 3. The van der Waals surface area contributed by atoms with Gasteiger partial charge >= 0.3 is 0 Å². The molecule has 0 amide bonds. The lowest BCUT2D eigenvalue weighted by molar-refractivity contribution is 0.714. The fraction of sp³-hybridized carbons (Fsp3) is 0.333. The Bertz CT molecular complexity index is 593. The van der Waals surface area contributed by atoms with Crippen LogP contribution in [0.2, 0.25) is 5.02 Å². The molecule has 1 saturated carbocycles. The van der Waals surface area contributed by atoms with Crippen molar-refractivity contribution in [2.24, 2.45) is 0 Å². The Morgan fingerprint density at radius 1 is 1.33 bits per heavy atom. The van der Waals surface area contributed by atoms with E-state index in [9.17, 15) is 0 Å². The largest absolute Gasteiger partial charge is 0.307 e. The van der Waals surface area contributed by atoms with Gasteiger partial charge in [-0.3, -0.25) is 0 Å². The summed E-state index contributed by atoms with van der Waals surface area (Å²) >= 11 is 13.2. The van der Waals surface area contributed by atoms with Crippen LogP contribution in [0, 0.1) is 0 Å². The second-order valence-corrected chi connectivity index (χ2v) is 6.18. The predicted octanol–water partition coefficient (Wildman–Crippen LogP) is 4.59. The molecular weight excluding hydrogens is 381 g/mol. The molecule has 2 aromatic rings. The first-order chi connectivity index (χ1) is 8.70. The maximum atomic E-state index is 6.27. The highest BCUT2D eigenvalue weighted by Crippen LogP contribution is 2.40. The molecular formula is C12H10Br2ClN3. The van der Waals surface area contributed by atoms with Crippen LogP contribution in [0.15, 0.2) is 22.7 Å². The molecule has 0 saturated heterocycles. The molecule has 3 rings (SSSR count). The molecule has 0 spiro atoms. The molecule has 0 unspecified atom stereocenters. The van der Waals surface area contributed by atoms with E-state index in [2.05, 4.69) is 46.6 Å². The maximum absolute atomic E-state index is 6.27. The summed E-state index contributed by atoms with van der Waals surface area (Å²) in [6.45, 7) is 0. The van der Waals surface area contributed by atoms with Gasteiger partial charge in [0.1, 0.15) is 5.82 Å². The summed E-state index contributed by atoms with van der Waals surface area (Å²) < 4.78 is 3.19. The van der Waals surface area contributed by atoms with Crippen LogP contribution in [0.25, 0.3) is 11.4 Å². The van der Waals surface area contributed by atoms with Crippen molar-refractivity contribution in [3.63, 3.8) is 0 Å². The lowest BCUT2D eigenvalue weighted by atomic mass is 10.2. The van der Waals surface area contributed by atoms with Crippen LogP contribution >= 0.6 is 43.5 Å². The van der Waals surface area contributed by atoms with Crippen molar-refractivity contribution in [2.45, 2.75) is 24.2 Å². The van der Waals surface area contributed by atoms with Crippen molar-refractivity contribution in [3.8, 4) is 11.4 Å². The molecule has 0 atom stereocenters. The summed E-state index contributed by atoms with van der Waals surface area (Å²) in [5, 5.41) is 9.95. The number of benzene rings is 1. The Morgan fingerprint density at radius 2 is 2.11 bits per heavy atom. The van der Waals surface area contributed by atoms with Crippen LogP contribution in [0.5, 0.6) is 0 Å². The van der Waals surface area contributed by atoms with Crippen LogP contribution in [0.4, 0.5) is 0 Å². The highest BCUT2D eigenvalue weighted by atomic mass is 79.9. The van der Waals surface area contributed by atoms with E-state index in [0.29, 0.717) is 16.4 Å². The van der Waals surface area contributed by atoms with E-state index in [0.717, 1.165) is 21.7 Å². The molecule has 18 heavy (non-hydrogen) atoms. The minimum atomic E-state index is 0.526. The molecule has 0 aliphatic heterocycles. The van der Waals surface area contributed by atoms with Gasteiger partial charge in [-0.25, -0.2) is 0 Å². The van der Waals surface area contributed by atoms with E-state index in [4.69, 9.17) is 11.6 Å². The quantitative estimate of drug-likeness (QED) is 0.717. The topological polar surface area (TPSA) is 30.7 Å². The highest BCUT2D eigenvalue weighted by molar-refractivity contribution is 9.10. The Balaban J connectivity index is 2.16. The summed E-state index contributed by atoms with van der Waals surface area (Å²) in [7, 11) is 0. The van der Waals surface area contributed by atoms with Gasteiger partial charge in [-0.05, 0) is 31.0 Å². The minimum Gasteiger partial charge on any atom is -0.307 e. The second-order valence-electron chi connectivity index (χ2n) is 4.30.